The zero-order chi connectivity index (χ0) is 13.8. The minimum Gasteiger partial charge on any atom is -0.493 e. The Balaban J connectivity index is 2.45. The molecule has 1 aliphatic heterocycles. The van der Waals surface area contributed by atoms with Gasteiger partial charge in [-0.05, 0) is 43.0 Å². The molecule has 2 rings (SSSR count). The van der Waals surface area contributed by atoms with Crippen LogP contribution in [0, 0.1) is 0 Å². The molecule has 19 heavy (non-hydrogen) atoms. The van der Waals surface area contributed by atoms with Gasteiger partial charge in [0.2, 0.25) is 0 Å². The van der Waals surface area contributed by atoms with E-state index >= 15 is 0 Å². The lowest BCUT2D eigenvalue weighted by molar-refractivity contribution is 0.337. The zero-order valence-corrected chi connectivity index (χ0v) is 12.5. The largest absolute Gasteiger partial charge is 0.493 e. The Labute approximate surface area is 116 Å². The maximum Gasteiger partial charge on any atom is 0.165 e. The molecule has 3 heteroatoms. The van der Waals surface area contributed by atoms with Crippen molar-refractivity contribution in [2.75, 3.05) is 20.8 Å². The van der Waals surface area contributed by atoms with Crippen LogP contribution in [-0.4, -0.2) is 20.8 Å². The average Bonchev–Trinajstić information content (AvgIpc) is 2.46. The molecule has 0 amide bonds. The molecule has 1 unspecified atom stereocenters. The molecular weight excluding hydrogens is 238 g/mol. The van der Waals surface area contributed by atoms with Crippen molar-refractivity contribution < 1.29 is 9.47 Å². The summed E-state index contributed by atoms with van der Waals surface area (Å²) in [7, 11) is 3.43. The van der Waals surface area contributed by atoms with Gasteiger partial charge in [-0.15, -0.1) is 0 Å². The minimum atomic E-state index is 0.385. The lowest BCUT2D eigenvalue weighted by atomic mass is 9.92. The van der Waals surface area contributed by atoms with Crippen molar-refractivity contribution >= 4 is 0 Å². The summed E-state index contributed by atoms with van der Waals surface area (Å²) in [6, 6.07) is 4.75. The molecule has 1 fully saturated rings. The number of rotatable bonds is 4. The SMILES string of the molecule is COc1cc(C(C)C)cc(C2CCCCN2)c1OC. The van der Waals surface area contributed by atoms with Crippen LogP contribution in [0.1, 0.15) is 56.2 Å². The topological polar surface area (TPSA) is 30.5 Å². The van der Waals surface area contributed by atoms with E-state index in [-0.39, 0.29) is 0 Å². The molecule has 1 heterocycles. The maximum absolute atomic E-state index is 5.59. The fourth-order valence-electron chi connectivity index (χ4n) is 2.73. The number of benzene rings is 1. The molecule has 0 radical (unpaired) electrons. The van der Waals surface area contributed by atoms with E-state index in [0.29, 0.717) is 12.0 Å². The lowest BCUT2D eigenvalue weighted by Gasteiger charge is -2.27. The zero-order valence-electron chi connectivity index (χ0n) is 12.5. The first-order valence-corrected chi connectivity index (χ1v) is 7.16. The van der Waals surface area contributed by atoms with E-state index < -0.39 is 0 Å². The van der Waals surface area contributed by atoms with Gasteiger partial charge < -0.3 is 14.8 Å². The molecule has 1 N–H and O–H groups in total. The molecule has 1 atom stereocenters. The predicted molar refractivity (Wildman–Crippen MR) is 78.2 cm³/mol. The number of hydrogen-bond donors (Lipinski definition) is 1. The van der Waals surface area contributed by atoms with Crippen LogP contribution in [0.4, 0.5) is 0 Å². The lowest BCUT2D eigenvalue weighted by Crippen LogP contribution is -2.27. The highest BCUT2D eigenvalue weighted by Gasteiger charge is 2.22. The van der Waals surface area contributed by atoms with Gasteiger partial charge in [0.25, 0.3) is 0 Å². The molecule has 1 aromatic carbocycles. The van der Waals surface area contributed by atoms with Gasteiger partial charge in [0.1, 0.15) is 0 Å². The van der Waals surface area contributed by atoms with Crippen LogP contribution in [0.15, 0.2) is 12.1 Å². The van der Waals surface area contributed by atoms with Crippen LogP contribution < -0.4 is 14.8 Å². The van der Waals surface area contributed by atoms with Crippen LogP contribution in [0.2, 0.25) is 0 Å². The van der Waals surface area contributed by atoms with Gasteiger partial charge in [-0.2, -0.15) is 0 Å². The number of nitrogens with one attached hydrogen (secondary N) is 1. The first-order chi connectivity index (χ1) is 9.17. The monoisotopic (exact) mass is 263 g/mol. The summed E-state index contributed by atoms with van der Waals surface area (Å²) in [4.78, 5) is 0. The van der Waals surface area contributed by atoms with Crippen molar-refractivity contribution in [2.24, 2.45) is 0 Å². The van der Waals surface area contributed by atoms with Crippen LogP contribution in [-0.2, 0) is 0 Å². The van der Waals surface area contributed by atoms with E-state index in [1.54, 1.807) is 14.2 Å². The van der Waals surface area contributed by atoms with Crippen LogP contribution in [0.25, 0.3) is 0 Å². The molecule has 1 aromatic rings. The minimum absolute atomic E-state index is 0.385. The number of methoxy groups -OCH3 is 2. The second kappa shape index (κ2) is 6.29. The van der Waals surface area contributed by atoms with E-state index in [4.69, 9.17) is 9.47 Å². The summed E-state index contributed by atoms with van der Waals surface area (Å²) in [5, 5.41) is 3.59. The van der Waals surface area contributed by atoms with Gasteiger partial charge >= 0.3 is 0 Å². The van der Waals surface area contributed by atoms with E-state index in [9.17, 15) is 0 Å². The van der Waals surface area contributed by atoms with Gasteiger partial charge in [0.05, 0.1) is 14.2 Å². The second-order valence-corrected chi connectivity index (χ2v) is 5.50. The van der Waals surface area contributed by atoms with Gasteiger partial charge in [-0.3, -0.25) is 0 Å². The molecule has 0 spiro atoms. The van der Waals surface area contributed by atoms with Crippen LogP contribution in [0.3, 0.4) is 0 Å². The van der Waals surface area contributed by atoms with Crippen molar-refractivity contribution in [1.82, 2.24) is 5.32 Å². The van der Waals surface area contributed by atoms with Crippen molar-refractivity contribution in [1.29, 1.82) is 0 Å². The van der Waals surface area contributed by atoms with Crippen molar-refractivity contribution in [3.05, 3.63) is 23.3 Å². The van der Waals surface area contributed by atoms with Crippen molar-refractivity contribution in [3.63, 3.8) is 0 Å². The Hall–Kier alpha value is -1.22. The quantitative estimate of drug-likeness (QED) is 0.899. The average molecular weight is 263 g/mol. The predicted octanol–water partition coefficient (Wildman–Crippen LogP) is 3.64. The van der Waals surface area contributed by atoms with Crippen molar-refractivity contribution in [2.45, 2.75) is 45.1 Å². The Morgan fingerprint density at radius 2 is 1.95 bits per heavy atom. The fraction of sp³-hybridized carbons (Fsp3) is 0.625. The van der Waals surface area contributed by atoms with E-state index in [2.05, 4.69) is 31.3 Å². The standard InChI is InChI=1S/C16H25NO2/c1-11(2)12-9-13(14-7-5-6-8-17-14)16(19-4)15(10-12)18-3/h9-11,14,17H,5-8H2,1-4H3. The third-order valence-electron chi connectivity index (χ3n) is 3.88. The Morgan fingerprint density at radius 1 is 1.16 bits per heavy atom. The number of hydrogen-bond acceptors (Lipinski definition) is 3. The van der Waals surface area contributed by atoms with E-state index in [1.165, 1.54) is 30.4 Å². The molecule has 1 saturated heterocycles. The highest BCUT2D eigenvalue weighted by molar-refractivity contribution is 5.51. The number of piperidine rings is 1. The summed E-state index contributed by atoms with van der Waals surface area (Å²) in [6.45, 7) is 5.50. The number of ether oxygens (including phenoxy) is 2. The van der Waals surface area contributed by atoms with Crippen molar-refractivity contribution in [3.8, 4) is 11.5 Å². The summed E-state index contributed by atoms with van der Waals surface area (Å²) in [6.07, 6.45) is 3.70. The third kappa shape index (κ3) is 3.03. The van der Waals surface area contributed by atoms with Gasteiger partial charge in [-0.1, -0.05) is 20.3 Å². The summed E-state index contributed by atoms with van der Waals surface area (Å²) in [5.41, 5.74) is 2.55. The van der Waals surface area contributed by atoms with Gasteiger partial charge in [0, 0.05) is 11.6 Å². The molecule has 0 saturated carbocycles. The molecular formula is C16H25NO2. The highest BCUT2D eigenvalue weighted by atomic mass is 16.5. The first kappa shape index (κ1) is 14.2. The fourth-order valence-corrected chi connectivity index (χ4v) is 2.73. The van der Waals surface area contributed by atoms with E-state index in [0.717, 1.165) is 18.0 Å². The molecule has 1 aliphatic rings. The smallest absolute Gasteiger partial charge is 0.165 e. The molecule has 0 aromatic heterocycles. The summed E-state index contributed by atoms with van der Waals surface area (Å²) < 4.78 is 11.1. The molecule has 0 aliphatic carbocycles. The normalized spacial score (nSPS) is 19.5. The summed E-state index contributed by atoms with van der Waals surface area (Å²) >= 11 is 0. The van der Waals surface area contributed by atoms with E-state index in [1.807, 2.05) is 0 Å². The third-order valence-corrected chi connectivity index (χ3v) is 3.88. The van der Waals surface area contributed by atoms with Crippen LogP contribution >= 0.6 is 0 Å². The Morgan fingerprint density at radius 3 is 2.47 bits per heavy atom. The highest BCUT2D eigenvalue weighted by Crippen LogP contribution is 2.40. The molecule has 0 bridgehead atoms. The first-order valence-electron chi connectivity index (χ1n) is 7.16. The van der Waals surface area contributed by atoms with Gasteiger partial charge in [-0.25, -0.2) is 0 Å². The maximum atomic E-state index is 5.59. The van der Waals surface area contributed by atoms with Crippen LogP contribution in [0.5, 0.6) is 11.5 Å². The summed E-state index contributed by atoms with van der Waals surface area (Å²) in [5.74, 6) is 2.21. The Bertz CT molecular complexity index is 423. The van der Waals surface area contributed by atoms with Gasteiger partial charge in [0.15, 0.2) is 11.5 Å². The molecule has 106 valence electrons. The molecule has 3 nitrogen and oxygen atoms in total. The second-order valence-electron chi connectivity index (χ2n) is 5.50. The Kier molecular flexibility index (Phi) is 4.70.